The number of alkyl carbamates (subject to hydrolysis) is 1. The van der Waals surface area contributed by atoms with E-state index in [0.29, 0.717) is 12.5 Å². The van der Waals surface area contributed by atoms with E-state index in [-0.39, 0.29) is 18.0 Å². The maximum Gasteiger partial charge on any atom is 0.407 e. The van der Waals surface area contributed by atoms with Crippen LogP contribution in [0.2, 0.25) is 0 Å². The molecule has 0 aromatic heterocycles. The molecule has 0 radical (unpaired) electrons. The highest BCUT2D eigenvalue weighted by Crippen LogP contribution is 2.19. The van der Waals surface area contributed by atoms with Gasteiger partial charge in [0, 0.05) is 18.5 Å². The molecule has 1 rings (SSSR count). The predicted octanol–water partition coefficient (Wildman–Crippen LogP) is 1.29. The van der Waals surface area contributed by atoms with Gasteiger partial charge in [-0.05, 0) is 53.0 Å². The van der Waals surface area contributed by atoms with Crippen molar-refractivity contribution in [2.45, 2.75) is 70.6 Å². The van der Waals surface area contributed by atoms with Crippen LogP contribution in [0, 0.1) is 0 Å². The fourth-order valence-electron chi connectivity index (χ4n) is 2.34. The van der Waals surface area contributed by atoms with Crippen LogP contribution in [0.4, 0.5) is 4.79 Å². The van der Waals surface area contributed by atoms with Crippen LogP contribution in [0.3, 0.4) is 0 Å². The highest BCUT2D eigenvalue weighted by atomic mass is 16.6. The lowest BCUT2D eigenvalue weighted by molar-refractivity contribution is -0.118. The zero-order valence-electron chi connectivity index (χ0n) is 12.7. The Morgan fingerprint density at radius 2 is 1.90 bits per heavy atom. The molecule has 2 atom stereocenters. The summed E-state index contributed by atoms with van der Waals surface area (Å²) >= 11 is 0. The summed E-state index contributed by atoms with van der Waals surface area (Å²) in [5.74, 6) is -0.261. The molecule has 0 spiro atoms. The Labute approximate surface area is 120 Å². The van der Waals surface area contributed by atoms with E-state index in [9.17, 15) is 9.59 Å². The zero-order chi connectivity index (χ0) is 15.2. The van der Waals surface area contributed by atoms with Crippen LogP contribution in [-0.4, -0.2) is 36.2 Å². The second-order valence-corrected chi connectivity index (χ2v) is 6.38. The number of carbonyl (C=O) groups is 2. The van der Waals surface area contributed by atoms with E-state index < -0.39 is 5.60 Å². The molecule has 1 fully saturated rings. The zero-order valence-corrected chi connectivity index (χ0v) is 12.7. The summed E-state index contributed by atoms with van der Waals surface area (Å²) < 4.78 is 5.24. The lowest BCUT2D eigenvalue weighted by atomic mass is 10.2. The van der Waals surface area contributed by atoms with E-state index in [1.807, 2.05) is 20.8 Å². The molecule has 6 heteroatoms. The summed E-state index contributed by atoms with van der Waals surface area (Å²) in [6, 6.07) is 0.557. The molecular formula is C14H27N3O3. The van der Waals surface area contributed by atoms with Crippen LogP contribution in [-0.2, 0) is 9.53 Å². The van der Waals surface area contributed by atoms with Crippen LogP contribution in [0.25, 0.3) is 0 Å². The third-order valence-electron chi connectivity index (χ3n) is 3.19. The number of nitrogens with two attached hydrogens (primary N) is 1. The molecule has 2 unspecified atom stereocenters. The molecule has 0 aromatic carbocycles. The van der Waals surface area contributed by atoms with E-state index in [1.165, 1.54) is 0 Å². The fraction of sp³-hybridized carbons (Fsp3) is 0.857. The molecule has 1 saturated carbocycles. The van der Waals surface area contributed by atoms with Crippen molar-refractivity contribution in [2.24, 2.45) is 5.73 Å². The van der Waals surface area contributed by atoms with Gasteiger partial charge in [0.05, 0.1) is 0 Å². The van der Waals surface area contributed by atoms with Crippen molar-refractivity contribution in [1.82, 2.24) is 10.6 Å². The molecule has 116 valence electrons. The summed E-state index contributed by atoms with van der Waals surface area (Å²) in [6.07, 6.45) is 3.70. The van der Waals surface area contributed by atoms with Crippen molar-refractivity contribution < 1.29 is 14.3 Å². The van der Waals surface area contributed by atoms with Crippen LogP contribution >= 0.6 is 0 Å². The second kappa shape index (κ2) is 7.47. The topological polar surface area (TPSA) is 93.4 Å². The molecule has 1 aliphatic carbocycles. The van der Waals surface area contributed by atoms with Crippen LogP contribution in [0.15, 0.2) is 0 Å². The first-order valence-electron chi connectivity index (χ1n) is 7.27. The minimum Gasteiger partial charge on any atom is -0.444 e. The molecule has 20 heavy (non-hydrogen) atoms. The number of ether oxygens (including phenoxy) is 1. The normalized spacial score (nSPS) is 22.6. The smallest absolute Gasteiger partial charge is 0.407 e. The molecular weight excluding hydrogens is 258 g/mol. The van der Waals surface area contributed by atoms with Gasteiger partial charge in [0.2, 0.25) is 5.91 Å². The Balaban J connectivity index is 2.16. The van der Waals surface area contributed by atoms with Crippen molar-refractivity contribution in [3.63, 3.8) is 0 Å². The predicted molar refractivity (Wildman–Crippen MR) is 77.2 cm³/mol. The Morgan fingerprint density at radius 1 is 1.25 bits per heavy atom. The first-order valence-corrected chi connectivity index (χ1v) is 7.27. The van der Waals surface area contributed by atoms with Crippen LogP contribution in [0.1, 0.15) is 52.9 Å². The van der Waals surface area contributed by atoms with E-state index >= 15 is 0 Å². The molecule has 6 nitrogen and oxygen atoms in total. The van der Waals surface area contributed by atoms with Gasteiger partial charge in [-0.1, -0.05) is 0 Å². The van der Waals surface area contributed by atoms with Crippen molar-refractivity contribution in [2.75, 3.05) is 6.54 Å². The monoisotopic (exact) mass is 285 g/mol. The summed E-state index contributed by atoms with van der Waals surface area (Å²) in [5.41, 5.74) is 4.62. The maximum atomic E-state index is 11.7. The second-order valence-electron chi connectivity index (χ2n) is 6.38. The summed E-state index contributed by atoms with van der Waals surface area (Å²) in [4.78, 5) is 22.3. The van der Waals surface area contributed by atoms with Crippen molar-refractivity contribution in [3.8, 4) is 0 Å². The number of amides is 2. The van der Waals surface area contributed by atoms with Gasteiger partial charge in [0.15, 0.2) is 0 Å². The Kier molecular flexibility index (Phi) is 6.26. The maximum absolute atomic E-state index is 11.7. The molecule has 1 aliphatic rings. The number of rotatable bonds is 6. The third-order valence-corrected chi connectivity index (χ3v) is 3.19. The molecule has 0 heterocycles. The number of hydrogen-bond acceptors (Lipinski definition) is 4. The van der Waals surface area contributed by atoms with Gasteiger partial charge < -0.3 is 21.1 Å². The number of hydrogen-bond donors (Lipinski definition) is 3. The highest BCUT2D eigenvalue weighted by Gasteiger charge is 2.27. The van der Waals surface area contributed by atoms with Crippen molar-refractivity contribution >= 4 is 12.0 Å². The summed E-state index contributed by atoms with van der Waals surface area (Å²) in [6.45, 7) is 6.34. The fourth-order valence-corrected chi connectivity index (χ4v) is 2.34. The van der Waals surface area contributed by atoms with Gasteiger partial charge >= 0.3 is 6.09 Å². The highest BCUT2D eigenvalue weighted by molar-refractivity contribution is 5.73. The first-order chi connectivity index (χ1) is 9.26. The van der Waals surface area contributed by atoms with Crippen LogP contribution < -0.4 is 16.4 Å². The van der Waals surface area contributed by atoms with Gasteiger partial charge in [0.1, 0.15) is 5.60 Å². The number of carbonyl (C=O) groups excluding carboxylic acids is 2. The van der Waals surface area contributed by atoms with Gasteiger partial charge in [-0.25, -0.2) is 4.79 Å². The van der Waals surface area contributed by atoms with Crippen molar-refractivity contribution in [3.05, 3.63) is 0 Å². The Hall–Kier alpha value is -1.30. The van der Waals surface area contributed by atoms with Gasteiger partial charge in [-0.3, -0.25) is 4.79 Å². The largest absolute Gasteiger partial charge is 0.444 e. The van der Waals surface area contributed by atoms with Gasteiger partial charge in [-0.15, -0.1) is 0 Å². The van der Waals surface area contributed by atoms with E-state index in [2.05, 4.69) is 10.6 Å². The molecule has 4 N–H and O–H groups in total. The first kappa shape index (κ1) is 16.8. The Morgan fingerprint density at radius 3 is 2.50 bits per heavy atom. The van der Waals surface area contributed by atoms with Crippen molar-refractivity contribution in [1.29, 1.82) is 0 Å². The van der Waals surface area contributed by atoms with E-state index in [1.54, 1.807) is 0 Å². The molecule has 0 saturated heterocycles. The molecule has 0 aromatic rings. The minimum absolute atomic E-state index is 0.165. The number of nitrogens with one attached hydrogen (secondary N) is 2. The quantitative estimate of drug-likeness (QED) is 0.641. The minimum atomic E-state index is -0.463. The summed E-state index contributed by atoms with van der Waals surface area (Å²) in [5, 5.41) is 6.29. The third kappa shape index (κ3) is 7.33. The average molecular weight is 285 g/mol. The lowest BCUT2D eigenvalue weighted by Gasteiger charge is -2.21. The summed E-state index contributed by atoms with van der Waals surface area (Å²) in [7, 11) is 0. The average Bonchev–Trinajstić information content (AvgIpc) is 2.69. The molecule has 2 amide bonds. The number of primary amides is 1. The standard InChI is InChI=1S/C14H27N3O3/c1-14(2,3)20-13(19)17-11-7-6-10(9-11)16-8-4-5-12(15)18/h10-11,16H,4-9H2,1-3H3,(H2,15,18)(H,17,19). The Bertz CT molecular complexity index is 339. The van der Waals surface area contributed by atoms with Crippen LogP contribution in [0.5, 0.6) is 0 Å². The SMILES string of the molecule is CC(C)(C)OC(=O)NC1CCC(NCCCC(N)=O)C1. The molecule has 0 bridgehead atoms. The van der Waals surface area contributed by atoms with Gasteiger partial charge in [0.25, 0.3) is 0 Å². The lowest BCUT2D eigenvalue weighted by Crippen LogP contribution is -2.39. The van der Waals surface area contributed by atoms with E-state index in [4.69, 9.17) is 10.5 Å². The van der Waals surface area contributed by atoms with E-state index in [0.717, 1.165) is 32.2 Å². The molecule has 0 aliphatic heterocycles. The van der Waals surface area contributed by atoms with Gasteiger partial charge in [-0.2, -0.15) is 0 Å².